The van der Waals surface area contributed by atoms with Crippen molar-refractivity contribution in [1.29, 1.82) is 0 Å². The summed E-state index contributed by atoms with van der Waals surface area (Å²) in [7, 11) is 0. The summed E-state index contributed by atoms with van der Waals surface area (Å²) in [6.07, 6.45) is 8.91. The Hall–Kier alpha value is -1.14. The van der Waals surface area contributed by atoms with E-state index >= 15 is 0 Å². The van der Waals surface area contributed by atoms with Crippen molar-refractivity contribution in [3.05, 3.63) is 0 Å². The van der Waals surface area contributed by atoms with Crippen molar-refractivity contribution >= 4 is 11.8 Å². The summed E-state index contributed by atoms with van der Waals surface area (Å²) in [5.41, 5.74) is 0. The first-order valence-corrected chi connectivity index (χ1v) is 10.1. The first kappa shape index (κ1) is 18.6. The highest BCUT2D eigenvalue weighted by Crippen LogP contribution is 2.21. The fraction of sp³-hybridized carbons (Fsp3) is 0.895. The van der Waals surface area contributed by atoms with Crippen LogP contribution in [0.15, 0.2) is 0 Å². The van der Waals surface area contributed by atoms with Gasteiger partial charge in [0.2, 0.25) is 11.8 Å². The van der Waals surface area contributed by atoms with Crippen molar-refractivity contribution in [1.82, 2.24) is 15.1 Å². The summed E-state index contributed by atoms with van der Waals surface area (Å²) in [5, 5.41) is 2.98. The van der Waals surface area contributed by atoms with Crippen LogP contribution in [0.25, 0.3) is 0 Å². The highest BCUT2D eigenvalue weighted by molar-refractivity contribution is 5.79. The summed E-state index contributed by atoms with van der Waals surface area (Å²) in [5.74, 6) is 0.585. The van der Waals surface area contributed by atoms with E-state index < -0.39 is 0 Å². The van der Waals surface area contributed by atoms with E-state index in [4.69, 9.17) is 4.74 Å². The number of nitrogens with zero attached hydrogens (tertiary/aromatic N) is 2. The zero-order chi connectivity index (χ0) is 17.5. The summed E-state index contributed by atoms with van der Waals surface area (Å²) in [6, 6.07) is 0. The lowest BCUT2D eigenvalue weighted by molar-refractivity contribution is -0.137. The molecule has 1 atom stereocenters. The van der Waals surface area contributed by atoms with Crippen molar-refractivity contribution in [2.24, 2.45) is 5.92 Å². The summed E-state index contributed by atoms with van der Waals surface area (Å²) in [6.45, 7) is 5.45. The maximum Gasteiger partial charge on any atom is 0.234 e. The Morgan fingerprint density at radius 3 is 2.28 bits per heavy atom. The van der Waals surface area contributed by atoms with Gasteiger partial charge >= 0.3 is 0 Å². The third kappa shape index (κ3) is 5.68. The first-order chi connectivity index (χ1) is 12.2. The molecule has 3 saturated heterocycles. The molecule has 3 fully saturated rings. The van der Waals surface area contributed by atoms with E-state index in [1.807, 2.05) is 0 Å². The summed E-state index contributed by atoms with van der Waals surface area (Å²) < 4.78 is 5.53. The number of nitrogens with one attached hydrogen (secondary N) is 1. The number of likely N-dealkylation sites (tertiary alicyclic amines) is 2. The molecular formula is C19H33N3O3. The molecule has 1 unspecified atom stereocenters. The van der Waals surface area contributed by atoms with Crippen molar-refractivity contribution in [3.8, 4) is 0 Å². The second-order valence-electron chi connectivity index (χ2n) is 7.73. The minimum absolute atomic E-state index is 0.0767. The van der Waals surface area contributed by atoms with Gasteiger partial charge < -0.3 is 15.0 Å². The zero-order valence-electron chi connectivity index (χ0n) is 15.4. The molecule has 0 radical (unpaired) electrons. The van der Waals surface area contributed by atoms with E-state index in [9.17, 15) is 9.59 Å². The van der Waals surface area contributed by atoms with Crippen molar-refractivity contribution < 1.29 is 14.3 Å². The molecule has 6 nitrogen and oxygen atoms in total. The molecule has 0 aromatic rings. The second-order valence-corrected chi connectivity index (χ2v) is 7.73. The Morgan fingerprint density at radius 2 is 1.64 bits per heavy atom. The summed E-state index contributed by atoms with van der Waals surface area (Å²) >= 11 is 0. The van der Waals surface area contributed by atoms with Gasteiger partial charge in [0.15, 0.2) is 0 Å². The van der Waals surface area contributed by atoms with Gasteiger partial charge in [0.05, 0.1) is 12.6 Å². The van der Waals surface area contributed by atoms with E-state index in [0.29, 0.717) is 19.0 Å². The molecule has 0 aromatic heterocycles. The minimum atomic E-state index is 0.0767. The Kier molecular flexibility index (Phi) is 7.11. The molecule has 0 bridgehead atoms. The lowest BCUT2D eigenvalue weighted by Gasteiger charge is -2.33. The molecule has 6 heteroatoms. The maximum absolute atomic E-state index is 12.7. The van der Waals surface area contributed by atoms with Crippen LogP contribution in [0.1, 0.15) is 51.4 Å². The van der Waals surface area contributed by atoms with Gasteiger partial charge in [0, 0.05) is 32.2 Å². The average Bonchev–Trinajstić information content (AvgIpc) is 3.00. The van der Waals surface area contributed by atoms with Crippen LogP contribution in [0.2, 0.25) is 0 Å². The number of carbonyl (C=O) groups excluding carboxylic acids is 2. The number of hydrogen-bond donors (Lipinski definition) is 1. The van der Waals surface area contributed by atoms with Crippen LogP contribution in [-0.4, -0.2) is 73.6 Å². The predicted octanol–water partition coefficient (Wildman–Crippen LogP) is 1.40. The topological polar surface area (TPSA) is 61.9 Å². The molecule has 142 valence electrons. The molecule has 0 aliphatic carbocycles. The van der Waals surface area contributed by atoms with Gasteiger partial charge in [-0.2, -0.15) is 0 Å². The SMILES string of the molecule is O=C(CN1CCC(C(=O)N2CCCCCC2)CC1)NCC1CCCO1. The normalized spacial score (nSPS) is 26.4. The Labute approximate surface area is 151 Å². The van der Waals surface area contributed by atoms with Crippen LogP contribution in [0.5, 0.6) is 0 Å². The third-order valence-electron chi connectivity index (χ3n) is 5.77. The highest BCUT2D eigenvalue weighted by atomic mass is 16.5. The van der Waals surface area contributed by atoms with Crippen molar-refractivity contribution in [2.75, 3.05) is 45.9 Å². The average molecular weight is 351 g/mol. The van der Waals surface area contributed by atoms with E-state index in [1.165, 1.54) is 12.8 Å². The molecule has 0 spiro atoms. The van der Waals surface area contributed by atoms with Gasteiger partial charge in [0.25, 0.3) is 0 Å². The molecule has 2 amide bonds. The number of hydrogen-bond acceptors (Lipinski definition) is 4. The number of carbonyl (C=O) groups is 2. The fourth-order valence-electron chi connectivity index (χ4n) is 4.18. The third-order valence-corrected chi connectivity index (χ3v) is 5.77. The standard InChI is InChI=1S/C19H33N3O3/c23-18(20-14-17-6-5-13-25-17)15-21-11-7-16(8-12-21)19(24)22-9-3-1-2-4-10-22/h16-17H,1-15H2,(H,20,23). The molecule has 3 aliphatic heterocycles. The second kappa shape index (κ2) is 9.53. The van der Waals surface area contributed by atoms with Crippen LogP contribution in [0.3, 0.4) is 0 Å². The van der Waals surface area contributed by atoms with Crippen LogP contribution < -0.4 is 5.32 Å². The maximum atomic E-state index is 12.7. The Bertz CT molecular complexity index is 435. The molecule has 0 aromatic carbocycles. The van der Waals surface area contributed by atoms with Gasteiger partial charge in [-0.25, -0.2) is 0 Å². The van der Waals surface area contributed by atoms with Crippen LogP contribution in [0.4, 0.5) is 0 Å². The smallest absolute Gasteiger partial charge is 0.234 e. The van der Waals surface area contributed by atoms with Crippen molar-refractivity contribution in [2.45, 2.75) is 57.5 Å². The minimum Gasteiger partial charge on any atom is -0.376 e. The molecule has 0 saturated carbocycles. The van der Waals surface area contributed by atoms with Crippen LogP contribution in [-0.2, 0) is 14.3 Å². The van der Waals surface area contributed by atoms with Gasteiger partial charge in [-0.1, -0.05) is 12.8 Å². The summed E-state index contributed by atoms with van der Waals surface area (Å²) in [4.78, 5) is 29.0. The Balaban J connectivity index is 1.34. The molecule has 3 aliphatic rings. The molecule has 25 heavy (non-hydrogen) atoms. The number of piperidine rings is 1. The number of ether oxygens (including phenoxy) is 1. The fourth-order valence-corrected chi connectivity index (χ4v) is 4.18. The van der Waals surface area contributed by atoms with Gasteiger partial charge in [0.1, 0.15) is 0 Å². The van der Waals surface area contributed by atoms with E-state index in [0.717, 1.165) is 71.3 Å². The molecule has 1 N–H and O–H groups in total. The van der Waals surface area contributed by atoms with Crippen LogP contribution >= 0.6 is 0 Å². The number of rotatable bonds is 5. The number of amides is 2. The molecule has 3 heterocycles. The molecular weight excluding hydrogens is 318 g/mol. The molecule has 3 rings (SSSR count). The van der Waals surface area contributed by atoms with E-state index in [2.05, 4.69) is 15.1 Å². The van der Waals surface area contributed by atoms with E-state index in [-0.39, 0.29) is 17.9 Å². The largest absolute Gasteiger partial charge is 0.376 e. The lowest BCUT2D eigenvalue weighted by Crippen LogP contribution is -2.46. The van der Waals surface area contributed by atoms with Gasteiger partial charge in [-0.15, -0.1) is 0 Å². The van der Waals surface area contributed by atoms with Crippen LogP contribution in [0, 0.1) is 5.92 Å². The van der Waals surface area contributed by atoms with Gasteiger partial charge in [-0.05, 0) is 51.6 Å². The van der Waals surface area contributed by atoms with Crippen molar-refractivity contribution in [3.63, 3.8) is 0 Å². The highest BCUT2D eigenvalue weighted by Gasteiger charge is 2.29. The monoisotopic (exact) mass is 351 g/mol. The zero-order valence-corrected chi connectivity index (χ0v) is 15.4. The predicted molar refractivity (Wildman–Crippen MR) is 96.2 cm³/mol. The van der Waals surface area contributed by atoms with Gasteiger partial charge in [-0.3, -0.25) is 14.5 Å². The first-order valence-electron chi connectivity index (χ1n) is 10.1. The lowest BCUT2D eigenvalue weighted by atomic mass is 9.95. The van der Waals surface area contributed by atoms with E-state index in [1.54, 1.807) is 0 Å². The Morgan fingerprint density at radius 1 is 0.920 bits per heavy atom. The quantitative estimate of drug-likeness (QED) is 0.813.